The van der Waals surface area contributed by atoms with E-state index in [2.05, 4.69) is 54.5 Å². The van der Waals surface area contributed by atoms with Crippen molar-refractivity contribution in [1.82, 2.24) is 0 Å². The third-order valence-corrected chi connectivity index (χ3v) is 8.50. The lowest BCUT2D eigenvalue weighted by atomic mass is 9.50. The summed E-state index contributed by atoms with van der Waals surface area (Å²) in [6.45, 7) is 16.2. The molecule has 2 atom stereocenters. The Morgan fingerprint density at radius 2 is 1.89 bits per heavy atom. The fourth-order valence-corrected chi connectivity index (χ4v) is 7.73. The molecule has 2 aliphatic rings. The van der Waals surface area contributed by atoms with Crippen LogP contribution in [0.25, 0.3) is 0 Å². The highest BCUT2D eigenvalue weighted by Crippen LogP contribution is 2.61. The molecule has 1 aromatic rings. The lowest BCUT2D eigenvalue weighted by Crippen LogP contribution is -2.48. The summed E-state index contributed by atoms with van der Waals surface area (Å²) in [5.41, 5.74) is 4.14. The predicted octanol–water partition coefficient (Wildman–Crippen LogP) is 6.81. The second-order valence-electron chi connectivity index (χ2n) is 10.4. The monoisotopic (exact) mass is 390 g/mol. The fourth-order valence-electron chi connectivity index (χ4n) is 6.27. The number of hydrogen-bond acceptors (Lipinski definition) is 3. The average Bonchev–Trinajstić information content (AvgIpc) is 2.52. The van der Waals surface area contributed by atoms with Crippen LogP contribution in [0, 0.1) is 11.3 Å². The van der Waals surface area contributed by atoms with Crippen molar-refractivity contribution in [2.75, 3.05) is 7.11 Å². The predicted molar refractivity (Wildman–Crippen MR) is 117 cm³/mol. The first-order valence-corrected chi connectivity index (χ1v) is 11.4. The second kappa shape index (κ2) is 6.90. The minimum atomic E-state index is -0.149. The normalized spacial score (nSPS) is 27.2. The van der Waals surface area contributed by atoms with Gasteiger partial charge < -0.3 is 9.84 Å². The Kier molecular flexibility index (Phi) is 5.34. The van der Waals surface area contributed by atoms with Crippen molar-refractivity contribution in [2.45, 2.75) is 96.0 Å². The van der Waals surface area contributed by atoms with Crippen LogP contribution in [0.4, 0.5) is 0 Å². The Morgan fingerprint density at radius 3 is 2.48 bits per heavy atom. The van der Waals surface area contributed by atoms with Gasteiger partial charge in [-0.15, -0.1) is 11.8 Å². The van der Waals surface area contributed by atoms with Crippen molar-refractivity contribution in [2.24, 2.45) is 11.3 Å². The summed E-state index contributed by atoms with van der Waals surface area (Å²) in [5, 5.41) is 11.8. The average molecular weight is 391 g/mol. The first-order valence-electron chi connectivity index (χ1n) is 10.6. The van der Waals surface area contributed by atoms with Crippen molar-refractivity contribution in [3.8, 4) is 11.5 Å². The number of fused-ring (bicyclic) bond motifs is 3. The van der Waals surface area contributed by atoms with Gasteiger partial charge in [-0.2, -0.15) is 0 Å². The van der Waals surface area contributed by atoms with Gasteiger partial charge in [0.1, 0.15) is 0 Å². The van der Waals surface area contributed by atoms with E-state index >= 15 is 0 Å². The number of phenolic OH excluding ortho intramolecular Hbond substituents is 1. The Morgan fingerprint density at radius 1 is 1.22 bits per heavy atom. The maximum Gasteiger partial charge on any atom is 0.164 e. The van der Waals surface area contributed by atoms with Crippen molar-refractivity contribution in [1.29, 1.82) is 0 Å². The first kappa shape index (κ1) is 20.9. The zero-order chi connectivity index (χ0) is 20.2. The van der Waals surface area contributed by atoms with Crippen LogP contribution in [0.2, 0.25) is 0 Å². The molecule has 0 bridgehead atoms. The topological polar surface area (TPSA) is 29.5 Å². The van der Waals surface area contributed by atoms with Crippen molar-refractivity contribution < 1.29 is 9.84 Å². The molecule has 2 aliphatic carbocycles. The molecule has 27 heavy (non-hydrogen) atoms. The van der Waals surface area contributed by atoms with Crippen LogP contribution in [0.5, 0.6) is 11.5 Å². The van der Waals surface area contributed by atoms with E-state index in [0.29, 0.717) is 22.3 Å². The van der Waals surface area contributed by atoms with Gasteiger partial charge in [0.25, 0.3) is 0 Å². The number of methoxy groups -OCH3 is 1. The Balaban J connectivity index is 2.19. The molecule has 152 valence electrons. The molecule has 1 fully saturated rings. The van der Waals surface area contributed by atoms with E-state index in [1.807, 2.05) is 11.8 Å². The van der Waals surface area contributed by atoms with E-state index in [9.17, 15) is 5.11 Å². The number of ether oxygens (including phenoxy) is 1. The lowest BCUT2D eigenvalue weighted by molar-refractivity contribution is 0.0388. The molecule has 0 aliphatic heterocycles. The molecule has 3 heteroatoms. The maximum atomic E-state index is 11.3. The van der Waals surface area contributed by atoms with E-state index in [-0.39, 0.29) is 10.2 Å². The quantitative estimate of drug-likeness (QED) is 0.612. The number of hydrogen-bond donors (Lipinski definition) is 1. The highest BCUT2D eigenvalue weighted by atomic mass is 32.2. The zero-order valence-corrected chi connectivity index (χ0v) is 19.3. The number of aromatic hydroxyl groups is 1. The zero-order valence-electron chi connectivity index (χ0n) is 18.5. The molecule has 0 aromatic heterocycles. The summed E-state index contributed by atoms with van der Waals surface area (Å²) in [5.74, 6) is 1.74. The summed E-state index contributed by atoms with van der Waals surface area (Å²) < 4.78 is 5.76. The van der Waals surface area contributed by atoms with Crippen molar-refractivity contribution >= 4 is 11.8 Å². The molecule has 0 radical (unpaired) electrons. The highest BCUT2D eigenvalue weighted by molar-refractivity contribution is 8.00. The second-order valence-corrected chi connectivity index (χ2v) is 12.6. The molecule has 0 heterocycles. The van der Waals surface area contributed by atoms with Gasteiger partial charge in [-0.25, -0.2) is 0 Å². The van der Waals surface area contributed by atoms with Gasteiger partial charge in [0.05, 0.1) is 7.11 Å². The number of thioether (sulfide) groups is 1. The molecule has 2 nitrogen and oxygen atoms in total. The Bertz CT molecular complexity index is 720. The number of aryl methyl sites for hydroxylation is 1. The van der Waals surface area contributed by atoms with Gasteiger partial charge in [0.15, 0.2) is 11.5 Å². The van der Waals surface area contributed by atoms with E-state index in [1.54, 1.807) is 7.11 Å². The van der Waals surface area contributed by atoms with Gasteiger partial charge in [0, 0.05) is 15.9 Å². The van der Waals surface area contributed by atoms with E-state index < -0.39 is 0 Å². The van der Waals surface area contributed by atoms with Gasteiger partial charge in [-0.3, -0.25) is 0 Å². The van der Waals surface area contributed by atoms with Crippen molar-refractivity contribution in [3.63, 3.8) is 0 Å². The van der Waals surface area contributed by atoms with Crippen LogP contribution in [0.3, 0.4) is 0 Å². The van der Waals surface area contributed by atoms with Crippen LogP contribution in [0.15, 0.2) is 6.07 Å². The molecule has 1 N–H and O–H groups in total. The van der Waals surface area contributed by atoms with Gasteiger partial charge >= 0.3 is 0 Å². The summed E-state index contributed by atoms with van der Waals surface area (Å²) >= 11 is 1.90. The summed E-state index contributed by atoms with van der Waals surface area (Å²) in [6.07, 6.45) is 6.06. The van der Waals surface area contributed by atoms with Crippen LogP contribution in [-0.4, -0.2) is 17.5 Å². The standard InChI is InChI=1S/C24H38O2S/c1-15(2)27-23(5,6)17-14-16-10-11-18-22(3,4)12-9-13-24(18,7)19(16)21(26-8)20(17)25/h14-15,18,25H,9-13H2,1-8H3/t18-,24-/m0/s1. The first-order chi connectivity index (χ1) is 12.4. The lowest BCUT2D eigenvalue weighted by Gasteiger charge is -2.54. The summed E-state index contributed by atoms with van der Waals surface area (Å²) in [7, 11) is 1.72. The van der Waals surface area contributed by atoms with E-state index in [1.165, 1.54) is 36.8 Å². The minimum Gasteiger partial charge on any atom is -0.504 e. The van der Waals surface area contributed by atoms with Gasteiger partial charge in [-0.1, -0.05) is 47.1 Å². The third kappa shape index (κ3) is 3.39. The van der Waals surface area contributed by atoms with E-state index in [0.717, 1.165) is 17.7 Å². The van der Waals surface area contributed by atoms with Gasteiger partial charge in [0.2, 0.25) is 0 Å². The van der Waals surface area contributed by atoms with Crippen LogP contribution >= 0.6 is 11.8 Å². The number of rotatable bonds is 4. The number of phenols is 1. The van der Waals surface area contributed by atoms with Crippen LogP contribution < -0.4 is 4.74 Å². The molecule has 1 saturated carbocycles. The molecule has 0 saturated heterocycles. The molecule has 0 amide bonds. The van der Waals surface area contributed by atoms with Gasteiger partial charge in [-0.05, 0) is 67.1 Å². The highest BCUT2D eigenvalue weighted by Gasteiger charge is 2.51. The molecule has 0 spiro atoms. The minimum absolute atomic E-state index is 0.0893. The third-order valence-electron chi connectivity index (χ3n) is 7.22. The summed E-state index contributed by atoms with van der Waals surface area (Å²) in [6, 6.07) is 2.30. The number of benzene rings is 1. The smallest absolute Gasteiger partial charge is 0.164 e. The van der Waals surface area contributed by atoms with Crippen LogP contribution in [0.1, 0.15) is 90.8 Å². The molecule has 0 unspecified atom stereocenters. The van der Waals surface area contributed by atoms with E-state index in [4.69, 9.17) is 4.74 Å². The van der Waals surface area contributed by atoms with Crippen LogP contribution in [-0.2, 0) is 16.6 Å². The van der Waals surface area contributed by atoms with Crippen molar-refractivity contribution in [3.05, 3.63) is 22.8 Å². The molecular weight excluding hydrogens is 352 g/mol. The fraction of sp³-hybridized carbons (Fsp3) is 0.750. The molecule has 3 rings (SSSR count). The maximum absolute atomic E-state index is 11.3. The summed E-state index contributed by atoms with van der Waals surface area (Å²) in [4.78, 5) is 0. The largest absolute Gasteiger partial charge is 0.504 e. The SMILES string of the molecule is COc1c(O)c(C(C)(C)SC(C)C)cc2c1[C@@]1(C)CCCC(C)(C)[C@@H]1CC2. The Labute approximate surface area is 170 Å². The Hall–Kier alpha value is -0.830. The molecule has 1 aromatic carbocycles. The molecular formula is C24H38O2S.